The fourth-order valence-corrected chi connectivity index (χ4v) is 2.39. The first-order chi connectivity index (χ1) is 14.5. The molecule has 0 atom stereocenters. The SMILES string of the molecule is O=C(N/N=C\c1cccc(OCc2ccc(F)cc2)c1)C(=O)Nc1ccccc1F. The van der Waals surface area contributed by atoms with E-state index in [0.717, 1.165) is 11.6 Å². The Labute approximate surface area is 171 Å². The van der Waals surface area contributed by atoms with Crippen molar-refractivity contribution in [3.05, 3.63) is 95.6 Å². The van der Waals surface area contributed by atoms with Gasteiger partial charge < -0.3 is 10.1 Å². The predicted octanol–water partition coefficient (Wildman–Crippen LogP) is 3.63. The van der Waals surface area contributed by atoms with E-state index >= 15 is 0 Å². The van der Waals surface area contributed by atoms with Gasteiger partial charge in [-0.15, -0.1) is 0 Å². The third-order valence-corrected chi connectivity index (χ3v) is 3.88. The largest absolute Gasteiger partial charge is 0.489 e. The average molecular weight is 409 g/mol. The van der Waals surface area contributed by atoms with Crippen LogP contribution in [0.1, 0.15) is 11.1 Å². The second-order valence-electron chi connectivity index (χ2n) is 6.12. The lowest BCUT2D eigenvalue weighted by atomic mass is 10.2. The van der Waals surface area contributed by atoms with E-state index < -0.39 is 17.6 Å². The van der Waals surface area contributed by atoms with Gasteiger partial charge in [-0.1, -0.05) is 36.4 Å². The Morgan fingerprint density at radius 1 is 0.933 bits per heavy atom. The van der Waals surface area contributed by atoms with Crippen LogP contribution in [0.15, 0.2) is 77.9 Å². The van der Waals surface area contributed by atoms with E-state index in [1.807, 2.05) is 0 Å². The van der Waals surface area contributed by atoms with E-state index in [4.69, 9.17) is 4.74 Å². The molecular formula is C22H17F2N3O3. The number of carbonyl (C=O) groups is 2. The van der Waals surface area contributed by atoms with Crippen molar-refractivity contribution in [2.45, 2.75) is 6.61 Å². The Morgan fingerprint density at radius 2 is 1.70 bits per heavy atom. The molecule has 0 radical (unpaired) electrons. The Bertz CT molecular complexity index is 1070. The van der Waals surface area contributed by atoms with Crippen LogP contribution in [0.2, 0.25) is 0 Å². The van der Waals surface area contributed by atoms with Gasteiger partial charge in [0.15, 0.2) is 0 Å². The summed E-state index contributed by atoms with van der Waals surface area (Å²) in [5.41, 5.74) is 3.39. The van der Waals surface area contributed by atoms with E-state index in [0.29, 0.717) is 11.3 Å². The summed E-state index contributed by atoms with van der Waals surface area (Å²) in [6, 6.07) is 18.3. The van der Waals surface area contributed by atoms with Crippen molar-refractivity contribution in [3.8, 4) is 5.75 Å². The number of ether oxygens (including phenoxy) is 1. The van der Waals surface area contributed by atoms with Crippen molar-refractivity contribution < 1.29 is 23.1 Å². The van der Waals surface area contributed by atoms with Crippen LogP contribution >= 0.6 is 0 Å². The third-order valence-electron chi connectivity index (χ3n) is 3.88. The molecule has 0 unspecified atom stereocenters. The highest BCUT2D eigenvalue weighted by molar-refractivity contribution is 6.39. The summed E-state index contributed by atoms with van der Waals surface area (Å²) in [6.45, 7) is 0.258. The number of hydrogen-bond acceptors (Lipinski definition) is 4. The van der Waals surface area contributed by atoms with E-state index in [2.05, 4.69) is 15.8 Å². The summed E-state index contributed by atoms with van der Waals surface area (Å²) in [5.74, 6) is -2.51. The van der Waals surface area contributed by atoms with Crippen molar-refractivity contribution in [2.24, 2.45) is 5.10 Å². The van der Waals surface area contributed by atoms with Crippen LogP contribution in [-0.4, -0.2) is 18.0 Å². The lowest BCUT2D eigenvalue weighted by molar-refractivity contribution is -0.136. The maximum atomic E-state index is 13.5. The minimum Gasteiger partial charge on any atom is -0.489 e. The molecule has 0 bridgehead atoms. The number of para-hydroxylation sites is 1. The van der Waals surface area contributed by atoms with Crippen LogP contribution < -0.4 is 15.5 Å². The Kier molecular flexibility index (Phi) is 6.83. The normalized spacial score (nSPS) is 10.6. The first-order valence-corrected chi connectivity index (χ1v) is 8.87. The summed E-state index contributed by atoms with van der Waals surface area (Å²) in [4.78, 5) is 23.6. The molecular weight excluding hydrogens is 392 g/mol. The fourth-order valence-electron chi connectivity index (χ4n) is 2.39. The zero-order valence-electron chi connectivity index (χ0n) is 15.6. The number of nitrogens with one attached hydrogen (secondary N) is 2. The molecule has 8 heteroatoms. The Balaban J connectivity index is 1.52. The average Bonchev–Trinajstić information content (AvgIpc) is 2.75. The van der Waals surface area contributed by atoms with Gasteiger partial charge in [-0.2, -0.15) is 5.10 Å². The fraction of sp³-hybridized carbons (Fsp3) is 0.0455. The van der Waals surface area contributed by atoms with E-state index in [9.17, 15) is 18.4 Å². The van der Waals surface area contributed by atoms with Gasteiger partial charge in [-0.3, -0.25) is 9.59 Å². The first kappa shape index (κ1) is 20.7. The topological polar surface area (TPSA) is 79.8 Å². The van der Waals surface area contributed by atoms with Crippen LogP contribution in [0.5, 0.6) is 5.75 Å². The minimum absolute atomic E-state index is 0.104. The molecule has 0 heterocycles. The molecule has 0 aliphatic rings. The molecule has 2 N–H and O–H groups in total. The smallest absolute Gasteiger partial charge is 0.329 e. The van der Waals surface area contributed by atoms with Crippen molar-refractivity contribution in [1.29, 1.82) is 0 Å². The zero-order chi connectivity index (χ0) is 21.3. The van der Waals surface area contributed by atoms with Gasteiger partial charge in [-0.05, 0) is 47.5 Å². The molecule has 3 rings (SSSR count). The molecule has 0 aliphatic heterocycles. The van der Waals surface area contributed by atoms with Crippen LogP contribution in [-0.2, 0) is 16.2 Å². The van der Waals surface area contributed by atoms with Gasteiger partial charge in [0.05, 0.1) is 11.9 Å². The molecule has 30 heavy (non-hydrogen) atoms. The lowest BCUT2D eigenvalue weighted by Gasteiger charge is -2.07. The summed E-state index contributed by atoms with van der Waals surface area (Å²) >= 11 is 0. The van der Waals surface area contributed by atoms with Crippen LogP contribution in [0.25, 0.3) is 0 Å². The standard InChI is InChI=1S/C22H17F2N3O3/c23-17-10-8-15(9-11-17)14-30-18-5-3-4-16(12-18)13-25-27-22(29)21(28)26-20-7-2-1-6-19(20)24/h1-13H,14H2,(H,26,28)(H,27,29)/b25-13-. The van der Waals surface area contributed by atoms with Gasteiger partial charge in [-0.25, -0.2) is 14.2 Å². The molecule has 0 aromatic heterocycles. The third kappa shape index (κ3) is 5.96. The Morgan fingerprint density at radius 3 is 2.47 bits per heavy atom. The number of benzene rings is 3. The summed E-state index contributed by atoms with van der Waals surface area (Å²) in [5, 5.41) is 5.88. The van der Waals surface area contributed by atoms with Crippen molar-refractivity contribution in [3.63, 3.8) is 0 Å². The van der Waals surface area contributed by atoms with E-state index in [1.165, 1.54) is 36.5 Å². The second kappa shape index (κ2) is 9.92. The maximum Gasteiger partial charge on any atom is 0.329 e. The van der Waals surface area contributed by atoms with Crippen LogP contribution in [0.3, 0.4) is 0 Å². The van der Waals surface area contributed by atoms with Gasteiger partial charge >= 0.3 is 11.8 Å². The highest BCUT2D eigenvalue weighted by Gasteiger charge is 2.14. The summed E-state index contributed by atoms with van der Waals surface area (Å²) < 4.78 is 32.1. The van der Waals surface area contributed by atoms with Crippen molar-refractivity contribution >= 4 is 23.7 Å². The monoisotopic (exact) mass is 409 g/mol. The molecule has 0 spiro atoms. The molecule has 3 aromatic rings. The van der Waals surface area contributed by atoms with Gasteiger partial charge in [0.2, 0.25) is 0 Å². The maximum absolute atomic E-state index is 13.5. The van der Waals surface area contributed by atoms with Crippen LogP contribution in [0.4, 0.5) is 14.5 Å². The highest BCUT2D eigenvalue weighted by Crippen LogP contribution is 2.15. The van der Waals surface area contributed by atoms with Gasteiger partial charge in [0.1, 0.15) is 24.0 Å². The highest BCUT2D eigenvalue weighted by atomic mass is 19.1. The second-order valence-corrected chi connectivity index (χ2v) is 6.12. The number of amides is 2. The van der Waals surface area contributed by atoms with Crippen molar-refractivity contribution in [2.75, 3.05) is 5.32 Å². The number of hydrazone groups is 1. The molecule has 0 saturated carbocycles. The molecule has 0 aliphatic carbocycles. The molecule has 0 fully saturated rings. The number of nitrogens with zero attached hydrogens (tertiary/aromatic N) is 1. The van der Waals surface area contributed by atoms with Crippen LogP contribution in [0, 0.1) is 11.6 Å². The number of rotatable bonds is 6. The van der Waals surface area contributed by atoms with Crippen molar-refractivity contribution in [1.82, 2.24) is 5.43 Å². The molecule has 2 amide bonds. The first-order valence-electron chi connectivity index (χ1n) is 8.87. The molecule has 152 valence electrons. The zero-order valence-corrected chi connectivity index (χ0v) is 15.6. The summed E-state index contributed by atoms with van der Waals surface area (Å²) in [6.07, 6.45) is 1.33. The number of halogens is 2. The quantitative estimate of drug-likeness (QED) is 0.371. The Hall–Kier alpha value is -4.07. The predicted molar refractivity (Wildman–Crippen MR) is 108 cm³/mol. The number of hydrogen-bond donors (Lipinski definition) is 2. The molecule has 0 saturated heterocycles. The van der Waals surface area contributed by atoms with E-state index in [-0.39, 0.29) is 18.1 Å². The molecule has 6 nitrogen and oxygen atoms in total. The number of carbonyl (C=O) groups excluding carboxylic acids is 2. The minimum atomic E-state index is -1.05. The molecule has 3 aromatic carbocycles. The lowest BCUT2D eigenvalue weighted by Crippen LogP contribution is -2.32. The van der Waals surface area contributed by atoms with Gasteiger partial charge in [0.25, 0.3) is 0 Å². The van der Waals surface area contributed by atoms with Gasteiger partial charge in [0, 0.05) is 0 Å². The van der Waals surface area contributed by atoms with E-state index in [1.54, 1.807) is 36.4 Å². The summed E-state index contributed by atoms with van der Waals surface area (Å²) in [7, 11) is 0. The number of anilines is 1.